The average molecular weight is 238 g/mol. The topological polar surface area (TPSA) is 43.1 Å². The van der Waals surface area contributed by atoms with Crippen LogP contribution in [0.2, 0.25) is 0 Å². The largest absolute Gasteiger partial charge is 0.245 e. The van der Waals surface area contributed by atoms with E-state index in [0.717, 1.165) is 24.1 Å². The first-order valence-electron chi connectivity index (χ1n) is 6.11. The Morgan fingerprint density at radius 2 is 2.17 bits per heavy atom. The zero-order valence-corrected chi connectivity index (χ0v) is 10.2. The van der Waals surface area contributed by atoms with Crippen molar-refractivity contribution in [2.45, 2.75) is 19.8 Å². The molecule has 0 spiro atoms. The smallest absolute Gasteiger partial charge is 0.116 e. The van der Waals surface area contributed by atoms with Crippen molar-refractivity contribution in [1.82, 2.24) is 19.6 Å². The van der Waals surface area contributed by atoms with E-state index in [1.165, 1.54) is 11.1 Å². The van der Waals surface area contributed by atoms with Crippen molar-refractivity contribution < 1.29 is 0 Å². The van der Waals surface area contributed by atoms with Gasteiger partial charge in [-0.15, -0.1) is 0 Å². The van der Waals surface area contributed by atoms with Crippen molar-refractivity contribution in [2.24, 2.45) is 0 Å². The van der Waals surface area contributed by atoms with Crippen molar-refractivity contribution in [3.63, 3.8) is 0 Å². The molecule has 90 valence electrons. The van der Waals surface area contributed by atoms with Crippen LogP contribution in [-0.4, -0.2) is 19.6 Å². The van der Waals surface area contributed by atoms with Gasteiger partial charge in [-0.2, -0.15) is 5.10 Å². The second kappa shape index (κ2) is 4.56. The van der Waals surface area contributed by atoms with E-state index in [-0.39, 0.29) is 0 Å². The minimum Gasteiger partial charge on any atom is -0.245 e. The molecular weight excluding hydrogens is 224 g/mol. The van der Waals surface area contributed by atoms with Gasteiger partial charge < -0.3 is 0 Å². The lowest BCUT2D eigenvalue weighted by Gasteiger charge is -2.02. The monoisotopic (exact) mass is 238 g/mol. The fourth-order valence-corrected chi connectivity index (χ4v) is 2.11. The first kappa shape index (κ1) is 10.9. The average Bonchev–Trinajstić information content (AvgIpc) is 2.83. The van der Waals surface area contributed by atoms with Crippen molar-refractivity contribution in [3.05, 3.63) is 48.7 Å². The Morgan fingerprint density at radius 1 is 1.22 bits per heavy atom. The lowest BCUT2D eigenvalue weighted by Crippen LogP contribution is -1.91. The number of hydrogen-bond acceptors (Lipinski definition) is 3. The maximum atomic E-state index is 4.40. The third kappa shape index (κ3) is 1.86. The number of nitrogens with zero attached hydrogens (tertiary/aromatic N) is 4. The fourth-order valence-electron chi connectivity index (χ4n) is 2.11. The van der Waals surface area contributed by atoms with E-state index in [0.29, 0.717) is 0 Å². The standard InChI is InChI=1S/C14H14N4/c1-2-3-11-8-17-18-9-12(4-5-14(11)18)13-6-7-15-10-16-13/h4-10H,2-3H2,1H3. The molecule has 0 saturated heterocycles. The molecule has 0 amide bonds. The molecule has 4 nitrogen and oxygen atoms in total. The van der Waals surface area contributed by atoms with Crippen LogP contribution in [0, 0.1) is 0 Å². The predicted molar refractivity (Wildman–Crippen MR) is 70.2 cm³/mol. The summed E-state index contributed by atoms with van der Waals surface area (Å²) in [5.41, 5.74) is 4.44. The van der Waals surface area contributed by atoms with Crippen LogP contribution < -0.4 is 0 Å². The Morgan fingerprint density at radius 3 is 2.94 bits per heavy atom. The number of pyridine rings is 1. The summed E-state index contributed by atoms with van der Waals surface area (Å²) in [6.45, 7) is 2.18. The van der Waals surface area contributed by atoms with E-state index in [2.05, 4.69) is 34.1 Å². The molecule has 3 aromatic heterocycles. The first-order valence-corrected chi connectivity index (χ1v) is 6.11. The molecule has 0 saturated carbocycles. The minimum absolute atomic E-state index is 0.916. The molecule has 3 rings (SSSR count). The van der Waals surface area contributed by atoms with Gasteiger partial charge >= 0.3 is 0 Å². The summed E-state index contributed by atoms with van der Waals surface area (Å²) in [6, 6.07) is 6.09. The van der Waals surface area contributed by atoms with Crippen molar-refractivity contribution in [2.75, 3.05) is 0 Å². The van der Waals surface area contributed by atoms with Gasteiger partial charge in [0.25, 0.3) is 0 Å². The molecule has 0 aliphatic rings. The fraction of sp³-hybridized carbons (Fsp3) is 0.214. The van der Waals surface area contributed by atoms with Gasteiger partial charge in [0.2, 0.25) is 0 Å². The Balaban J connectivity index is 2.07. The summed E-state index contributed by atoms with van der Waals surface area (Å²) < 4.78 is 1.92. The van der Waals surface area contributed by atoms with Gasteiger partial charge in [-0.3, -0.25) is 0 Å². The van der Waals surface area contributed by atoms with E-state index in [4.69, 9.17) is 0 Å². The summed E-state index contributed by atoms with van der Waals surface area (Å²) in [7, 11) is 0. The van der Waals surface area contributed by atoms with Crippen LogP contribution in [0.3, 0.4) is 0 Å². The molecule has 0 fully saturated rings. The van der Waals surface area contributed by atoms with E-state index < -0.39 is 0 Å². The Kier molecular flexibility index (Phi) is 2.76. The maximum absolute atomic E-state index is 4.40. The third-order valence-corrected chi connectivity index (χ3v) is 2.99. The van der Waals surface area contributed by atoms with Crippen molar-refractivity contribution >= 4 is 5.52 Å². The number of aryl methyl sites for hydroxylation is 1. The Hall–Kier alpha value is -2.23. The second-order valence-corrected chi connectivity index (χ2v) is 4.26. The molecule has 0 aliphatic carbocycles. The van der Waals surface area contributed by atoms with Crippen LogP contribution in [0.4, 0.5) is 0 Å². The molecule has 0 aromatic carbocycles. The van der Waals surface area contributed by atoms with Crippen LogP contribution in [0.1, 0.15) is 18.9 Å². The van der Waals surface area contributed by atoms with Gasteiger partial charge in [0.15, 0.2) is 0 Å². The number of fused-ring (bicyclic) bond motifs is 1. The van der Waals surface area contributed by atoms with Gasteiger partial charge in [0.05, 0.1) is 17.4 Å². The molecule has 0 bridgehead atoms. The Bertz CT molecular complexity index is 658. The first-order chi connectivity index (χ1) is 8.88. The number of hydrogen-bond donors (Lipinski definition) is 0. The van der Waals surface area contributed by atoms with Gasteiger partial charge in [-0.1, -0.05) is 13.3 Å². The maximum Gasteiger partial charge on any atom is 0.116 e. The van der Waals surface area contributed by atoms with Gasteiger partial charge in [0, 0.05) is 18.0 Å². The van der Waals surface area contributed by atoms with Crippen LogP contribution in [0.5, 0.6) is 0 Å². The second-order valence-electron chi connectivity index (χ2n) is 4.26. The quantitative estimate of drug-likeness (QED) is 0.704. The van der Waals surface area contributed by atoms with E-state index in [1.54, 1.807) is 12.5 Å². The van der Waals surface area contributed by atoms with Crippen LogP contribution in [0.15, 0.2) is 43.1 Å². The minimum atomic E-state index is 0.916. The molecule has 4 heteroatoms. The summed E-state index contributed by atoms with van der Waals surface area (Å²) >= 11 is 0. The summed E-state index contributed by atoms with van der Waals surface area (Å²) in [5, 5.41) is 4.40. The highest BCUT2D eigenvalue weighted by Gasteiger charge is 2.05. The number of rotatable bonds is 3. The third-order valence-electron chi connectivity index (χ3n) is 2.99. The summed E-state index contributed by atoms with van der Waals surface area (Å²) in [6.07, 6.45) is 9.47. The lowest BCUT2D eigenvalue weighted by atomic mass is 10.1. The zero-order chi connectivity index (χ0) is 12.4. The van der Waals surface area contributed by atoms with E-state index in [9.17, 15) is 0 Å². The molecule has 3 aromatic rings. The van der Waals surface area contributed by atoms with Gasteiger partial charge in [-0.05, 0) is 30.2 Å². The molecular formula is C14H14N4. The summed E-state index contributed by atoms with van der Waals surface area (Å²) in [5.74, 6) is 0. The van der Waals surface area contributed by atoms with E-state index >= 15 is 0 Å². The highest BCUT2D eigenvalue weighted by atomic mass is 15.2. The van der Waals surface area contributed by atoms with E-state index in [1.807, 2.05) is 23.0 Å². The molecule has 0 unspecified atom stereocenters. The van der Waals surface area contributed by atoms with Crippen LogP contribution in [0.25, 0.3) is 16.8 Å². The Labute approximate surface area is 105 Å². The van der Waals surface area contributed by atoms with Crippen molar-refractivity contribution in [3.8, 4) is 11.3 Å². The van der Waals surface area contributed by atoms with Crippen LogP contribution in [-0.2, 0) is 6.42 Å². The normalized spacial score (nSPS) is 10.9. The van der Waals surface area contributed by atoms with Gasteiger partial charge in [-0.25, -0.2) is 14.5 Å². The molecule has 0 N–H and O–H groups in total. The molecule has 0 aliphatic heterocycles. The number of aromatic nitrogens is 4. The predicted octanol–water partition coefficient (Wildman–Crippen LogP) is 2.74. The van der Waals surface area contributed by atoms with Gasteiger partial charge in [0.1, 0.15) is 6.33 Å². The van der Waals surface area contributed by atoms with Crippen LogP contribution >= 0.6 is 0 Å². The summed E-state index contributed by atoms with van der Waals surface area (Å²) in [4.78, 5) is 8.17. The molecule has 3 heterocycles. The SMILES string of the molecule is CCCc1cnn2cc(-c3ccncn3)ccc12. The molecule has 0 radical (unpaired) electrons. The highest BCUT2D eigenvalue weighted by molar-refractivity contribution is 5.63. The highest BCUT2D eigenvalue weighted by Crippen LogP contribution is 2.19. The molecule has 0 atom stereocenters. The lowest BCUT2D eigenvalue weighted by molar-refractivity contribution is 0.929. The molecule has 18 heavy (non-hydrogen) atoms. The van der Waals surface area contributed by atoms with Crippen molar-refractivity contribution in [1.29, 1.82) is 0 Å². The zero-order valence-electron chi connectivity index (χ0n) is 10.2.